The van der Waals surface area contributed by atoms with Crippen molar-refractivity contribution in [3.8, 4) is 5.75 Å². The molecule has 3 rings (SSSR count). The number of hydrogen-bond acceptors (Lipinski definition) is 7. The van der Waals surface area contributed by atoms with E-state index in [2.05, 4.69) is 9.97 Å². The summed E-state index contributed by atoms with van der Waals surface area (Å²) in [5.74, 6) is 0.523. The molecule has 0 saturated heterocycles. The summed E-state index contributed by atoms with van der Waals surface area (Å²) in [7, 11) is 0. The number of non-ortho nitro benzene ring substituents is 1. The van der Waals surface area contributed by atoms with Crippen LogP contribution in [0.25, 0.3) is 10.9 Å². The number of aromatic nitrogens is 2. The third-order valence-corrected chi connectivity index (χ3v) is 3.57. The molecule has 0 aliphatic rings. The van der Waals surface area contributed by atoms with E-state index in [4.69, 9.17) is 10.5 Å². The van der Waals surface area contributed by atoms with E-state index in [1.165, 1.54) is 23.6 Å². The number of nitrogens with two attached hydrogens (primary N) is 1. The fourth-order valence-corrected chi connectivity index (χ4v) is 2.49. The zero-order valence-corrected chi connectivity index (χ0v) is 11.5. The van der Waals surface area contributed by atoms with Crippen LogP contribution in [0.1, 0.15) is 5.69 Å². The molecule has 0 saturated carbocycles. The van der Waals surface area contributed by atoms with E-state index in [1.807, 2.05) is 0 Å². The van der Waals surface area contributed by atoms with Gasteiger partial charge in [0.05, 0.1) is 10.6 Å². The molecule has 0 fully saturated rings. The van der Waals surface area contributed by atoms with E-state index in [1.54, 1.807) is 23.6 Å². The van der Waals surface area contributed by atoms with Crippen LogP contribution in [0.3, 0.4) is 0 Å². The molecular formula is C13H10N4O3S. The van der Waals surface area contributed by atoms with Crippen LogP contribution in [0.4, 0.5) is 10.8 Å². The van der Waals surface area contributed by atoms with Crippen molar-refractivity contribution in [1.82, 2.24) is 9.97 Å². The minimum absolute atomic E-state index is 0.0455. The second kappa shape index (κ2) is 5.33. The van der Waals surface area contributed by atoms with Crippen molar-refractivity contribution in [2.75, 3.05) is 5.73 Å². The summed E-state index contributed by atoms with van der Waals surface area (Å²) in [4.78, 5) is 18.7. The van der Waals surface area contributed by atoms with Gasteiger partial charge in [-0.1, -0.05) is 0 Å². The van der Waals surface area contributed by atoms with Gasteiger partial charge in [0.15, 0.2) is 10.6 Å². The SMILES string of the molecule is Nc1nc(COc2ccc([N+](=O)[O-])c3ncccc23)cs1. The highest BCUT2D eigenvalue weighted by Gasteiger charge is 2.16. The summed E-state index contributed by atoms with van der Waals surface area (Å²) < 4.78 is 5.68. The molecule has 0 atom stereocenters. The molecule has 3 aromatic rings. The molecule has 8 heteroatoms. The molecule has 0 bridgehead atoms. The van der Waals surface area contributed by atoms with Crippen molar-refractivity contribution in [3.63, 3.8) is 0 Å². The maximum atomic E-state index is 11.0. The number of pyridine rings is 1. The Morgan fingerprint density at radius 2 is 2.24 bits per heavy atom. The van der Waals surface area contributed by atoms with E-state index in [-0.39, 0.29) is 12.3 Å². The summed E-state index contributed by atoms with van der Waals surface area (Å²) in [6.07, 6.45) is 1.51. The van der Waals surface area contributed by atoms with Gasteiger partial charge in [0, 0.05) is 23.0 Å². The van der Waals surface area contributed by atoms with Gasteiger partial charge in [0.25, 0.3) is 5.69 Å². The van der Waals surface area contributed by atoms with E-state index in [9.17, 15) is 10.1 Å². The first-order valence-electron chi connectivity index (χ1n) is 6.00. The predicted molar refractivity (Wildman–Crippen MR) is 79.3 cm³/mol. The van der Waals surface area contributed by atoms with Gasteiger partial charge in [-0.2, -0.15) is 0 Å². The monoisotopic (exact) mass is 302 g/mol. The largest absolute Gasteiger partial charge is 0.487 e. The molecule has 2 N–H and O–H groups in total. The van der Waals surface area contributed by atoms with Gasteiger partial charge in [0.2, 0.25) is 0 Å². The zero-order chi connectivity index (χ0) is 14.8. The highest BCUT2D eigenvalue weighted by molar-refractivity contribution is 7.13. The first kappa shape index (κ1) is 13.3. The minimum atomic E-state index is -0.458. The number of nitro benzene ring substituents is 1. The van der Waals surface area contributed by atoms with Crippen molar-refractivity contribution in [1.29, 1.82) is 0 Å². The predicted octanol–water partition coefficient (Wildman–Crippen LogP) is 2.76. The number of fused-ring (bicyclic) bond motifs is 1. The third-order valence-electron chi connectivity index (χ3n) is 2.85. The number of rotatable bonds is 4. The van der Waals surface area contributed by atoms with Crippen LogP contribution >= 0.6 is 11.3 Å². The normalized spacial score (nSPS) is 10.7. The van der Waals surface area contributed by atoms with Crippen LogP contribution in [-0.2, 0) is 6.61 Å². The number of thiazole rings is 1. The quantitative estimate of drug-likeness (QED) is 0.587. The summed E-state index contributed by atoms with van der Waals surface area (Å²) in [6.45, 7) is 0.246. The summed E-state index contributed by atoms with van der Waals surface area (Å²) in [5.41, 5.74) is 6.53. The highest BCUT2D eigenvalue weighted by Crippen LogP contribution is 2.31. The lowest BCUT2D eigenvalue weighted by Crippen LogP contribution is -1.98. The number of anilines is 1. The van der Waals surface area contributed by atoms with Crippen molar-refractivity contribution >= 4 is 33.1 Å². The molecule has 0 spiro atoms. The summed E-state index contributed by atoms with van der Waals surface area (Å²) in [5, 5.41) is 13.9. The molecule has 0 amide bonds. The van der Waals surface area contributed by atoms with Gasteiger partial charge in [-0.3, -0.25) is 10.1 Å². The summed E-state index contributed by atoms with van der Waals surface area (Å²) in [6, 6.07) is 6.40. The molecule has 2 heterocycles. The summed E-state index contributed by atoms with van der Waals surface area (Å²) >= 11 is 1.33. The first-order valence-corrected chi connectivity index (χ1v) is 6.88. The van der Waals surface area contributed by atoms with Crippen LogP contribution in [0.5, 0.6) is 5.75 Å². The van der Waals surface area contributed by atoms with Gasteiger partial charge < -0.3 is 10.5 Å². The van der Waals surface area contributed by atoms with Gasteiger partial charge in [-0.05, 0) is 18.2 Å². The van der Waals surface area contributed by atoms with Crippen LogP contribution in [-0.4, -0.2) is 14.9 Å². The smallest absolute Gasteiger partial charge is 0.295 e. The number of hydrogen-bond donors (Lipinski definition) is 1. The molecule has 1 aromatic carbocycles. The van der Waals surface area contributed by atoms with Crippen molar-refractivity contribution < 1.29 is 9.66 Å². The molecule has 0 aliphatic heterocycles. The number of nitrogen functional groups attached to an aromatic ring is 1. The number of nitrogens with zero attached hydrogens (tertiary/aromatic N) is 3. The van der Waals surface area contributed by atoms with Gasteiger partial charge in [-0.25, -0.2) is 9.97 Å². The van der Waals surface area contributed by atoms with Crippen LogP contribution in [0, 0.1) is 10.1 Å². The van der Waals surface area contributed by atoms with Crippen molar-refractivity contribution in [2.24, 2.45) is 0 Å². The van der Waals surface area contributed by atoms with Crippen LogP contribution in [0.2, 0.25) is 0 Å². The van der Waals surface area contributed by atoms with Crippen LogP contribution in [0.15, 0.2) is 35.8 Å². The van der Waals surface area contributed by atoms with Crippen molar-refractivity contribution in [2.45, 2.75) is 6.61 Å². The lowest BCUT2D eigenvalue weighted by atomic mass is 10.1. The van der Waals surface area contributed by atoms with Gasteiger partial charge in [-0.15, -0.1) is 11.3 Å². The first-order chi connectivity index (χ1) is 10.1. The second-order valence-corrected chi connectivity index (χ2v) is 5.09. The molecule has 106 valence electrons. The maximum Gasteiger partial charge on any atom is 0.295 e. The second-order valence-electron chi connectivity index (χ2n) is 4.21. The zero-order valence-electron chi connectivity index (χ0n) is 10.7. The minimum Gasteiger partial charge on any atom is -0.487 e. The molecule has 21 heavy (non-hydrogen) atoms. The molecular weight excluding hydrogens is 292 g/mol. The van der Waals surface area contributed by atoms with E-state index < -0.39 is 4.92 Å². The fourth-order valence-electron chi connectivity index (χ4n) is 1.95. The average molecular weight is 302 g/mol. The Balaban J connectivity index is 1.96. The van der Waals surface area contributed by atoms with E-state index >= 15 is 0 Å². The topological polar surface area (TPSA) is 104 Å². The third kappa shape index (κ3) is 2.61. The molecule has 2 aromatic heterocycles. The lowest BCUT2D eigenvalue weighted by molar-refractivity contribution is -0.383. The Hall–Kier alpha value is -2.74. The molecule has 7 nitrogen and oxygen atoms in total. The Bertz CT molecular complexity index is 818. The Kier molecular flexibility index (Phi) is 3.36. The standard InChI is InChI=1S/C13H10N4O3S/c14-13-16-8(7-21-13)6-20-11-4-3-10(17(18)19)12-9(11)2-1-5-15-12/h1-5,7H,6H2,(H2,14,16). The number of ether oxygens (including phenoxy) is 1. The van der Waals surface area contributed by atoms with E-state index in [0.29, 0.717) is 27.5 Å². The molecule has 0 aliphatic carbocycles. The fraction of sp³-hybridized carbons (Fsp3) is 0.0769. The van der Waals surface area contributed by atoms with Gasteiger partial charge >= 0.3 is 0 Å². The van der Waals surface area contributed by atoms with Gasteiger partial charge in [0.1, 0.15) is 12.4 Å². The Morgan fingerprint density at radius 1 is 1.38 bits per heavy atom. The molecule has 0 radical (unpaired) electrons. The maximum absolute atomic E-state index is 11.0. The molecule has 0 unspecified atom stereocenters. The van der Waals surface area contributed by atoms with Crippen LogP contribution < -0.4 is 10.5 Å². The van der Waals surface area contributed by atoms with E-state index in [0.717, 1.165) is 0 Å². The van der Waals surface area contributed by atoms with Crippen molar-refractivity contribution in [3.05, 3.63) is 51.7 Å². The highest BCUT2D eigenvalue weighted by atomic mass is 32.1. The average Bonchev–Trinajstić information content (AvgIpc) is 2.90. The Morgan fingerprint density at radius 3 is 2.95 bits per heavy atom. The number of benzene rings is 1. The Labute approximate surface area is 123 Å². The lowest BCUT2D eigenvalue weighted by Gasteiger charge is -2.07. The number of nitro groups is 1.